The van der Waals surface area contributed by atoms with Crippen molar-refractivity contribution < 1.29 is 18.0 Å². The molecule has 1 aromatic carbocycles. The molecule has 1 aromatic heterocycles. The summed E-state index contributed by atoms with van der Waals surface area (Å²) in [4.78, 5) is 11.5. The smallest absolute Gasteiger partial charge is 0.352 e. The van der Waals surface area contributed by atoms with Gasteiger partial charge in [0.15, 0.2) is 5.69 Å². The Morgan fingerprint density at radius 3 is 2.42 bits per heavy atom. The maximum Gasteiger partial charge on any atom is 0.435 e. The molecule has 2 aromatic rings. The molecule has 0 spiro atoms. The van der Waals surface area contributed by atoms with Crippen molar-refractivity contribution in [2.45, 2.75) is 25.6 Å². The second kappa shape index (κ2) is 8.70. The number of nitrogens with one attached hydrogen (secondary N) is 1. The van der Waals surface area contributed by atoms with Gasteiger partial charge in [-0.2, -0.15) is 18.3 Å². The molecule has 132 valence electrons. The zero-order chi connectivity index (χ0) is 16.9. The predicted molar refractivity (Wildman–Crippen MR) is 85.9 cm³/mol. The van der Waals surface area contributed by atoms with Gasteiger partial charge in [-0.15, -0.1) is 12.4 Å². The minimum Gasteiger partial charge on any atom is -0.352 e. The number of hydrogen-bond acceptors (Lipinski definition) is 3. The number of carbonyl (C=O) groups excluding carboxylic acids is 1. The minimum absolute atomic E-state index is 0. The summed E-state index contributed by atoms with van der Waals surface area (Å²) in [5.41, 5.74) is 5.75. The third kappa shape index (κ3) is 5.54. The van der Waals surface area contributed by atoms with Crippen LogP contribution in [0.5, 0.6) is 0 Å². The van der Waals surface area contributed by atoms with Crippen LogP contribution in [0.25, 0.3) is 5.69 Å². The summed E-state index contributed by atoms with van der Waals surface area (Å²) < 4.78 is 38.7. The van der Waals surface area contributed by atoms with Gasteiger partial charge in [0.05, 0.1) is 5.69 Å². The number of benzene rings is 1. The van der Waals surface area contributed by atoms with Crippen molar-refractivity contribution in [3.63, 3.8) is 0 Å². The molecule has 3 N–H and O–H groups in total. The molecule has 0 radical (unpaired) electrons. The molecule has 9 heteroatoms. The molecule has 0 aliphatic carbocycles. The fourth-order valence-corrected chi connectivity index (χ4v) is 1.94. The van der Waals surface area contributed by atoms with Crippen LogP contribution in [0.15, 0.2) is 36.5 Å². The fourth-order valence-electron chi connectivity index (χ4n) is 1.94. The molecule has 2 rings (SSSR count). The SMILES string of the molecule is Cl.NCCCC(=O)NCc1ccc(-n2ccc(C(F)(F)F)n2)cc1. The lowest BCUT2D eigenvalue weighted by Gasteiger charge is -2.07. The van der Waals surface area contributed by atoms with Crippen LogP contribution in [0, 0.1) is 0 Å². The van der Waals surface area contributed by atoms with Crippen molar-refractivity contribution in [1.29, 1.82) is 0 Å². The van der Waals surface area contributed by atoms with E-state index < -0.39 is 11.9 Å². The first kappa shape index (κ1) is 20.0. The van der Waals surface area contributed by atoms with Crippen LogP contribution in [0.1, 0.15) is 24.1 Å². The number of nitrogens with two attached hydrogens (primary N) is 1. The predicted octanol–water partition coefficient (Wildman–Crippen LogP) is 2.67. The zero-order valence-corrected chi connectivity index (χ0v) is 13.5. The first-order chi connectivity index (χ1) is 10.9. The van der Waals surface area contributed by atoms with Gasteiger partial charge in [-0.25, -0.2) is 4.68 Å². The van der Waals surface area contributed by atoms with Gasteiger partial charge in [-0.3, -0.25) is 4.79 Å². The maximum absolute atomic E-state index is 12.5. The van der Waals surface area contributed by atoms with E-state index in [1.807, 2.05) is 0 Å². The van der Waals surface area contributed by atoms with E-state index in [9.17, 15) is 18.0 Å². The van der Waals surface area contributed by atoms with Crippen molar-refractivity contribution in [2.75, 3.05) is 6.54 Å². The van der Waals surface area contributed by atoms with Gasteiger partial charge in [0.2, 0.25) is 5.91 Å². The standard InChI is InChI=1S/C15H17F3N4O.ClH/c16-15(17,18)13-7-9-22(21-13)12-5-3-11(4-6-12)10-20-14(23)2-1-8-19;/h3-7,9H,1-2,8,10,19H2,(H,20,23);1H. The molecule has 0 bridgehead atoms. The molecule has 24 heavy (non-hydrogen) atoms. The van der Waals surface area contributed by atoms with Gasteiger partial charge in [-0.1, -0.05) is 12.1 Å². The molecule has 0 aliphatic rings. The van der Waals surface area contributed by atoms with E-state index in [1.54, 1.807) is 24.3 Å². The van der Waals surface area contributed by atoms with Crippen LogP contribution in [-0.4, -0.2) is 22.2 Å². The largest absolute Gasteiger partial charge is 0.435 e. The monoisotopic (exact) mass is 362 g/mol. The number of alkyl halides is 3. The van der Waals surface area contributed by atoms with E-state index in [4.69, 9.17) is 5.73 Å². The quantitative estimate of drug-likeness (QED) is 0.829. The van der Waals surface area contributed by atoms with Crippen LogP contribution < -0.4 is 11.1 Å². The van der Waals surface area contributed by atoms with Gasteiger partial charge in [0, 0.05) is 19.2 Å². The van der Waals surface area contributed by atoms with Crippen molar-refractivity contribution in [3.8, 4) is 5.69 Å². The highest BCUT2D eigenvalue weighted by Crippen LogP contribution is 2.27. The number of rotatable bonds is 6. The molecular weight excluding hydrogens is 345 g/mol. The third-order valence-corrected chi connectivity index (χ3v) is 3.18. The van der Waals surface area contributed by atoms with Gasteiger partial charge < -0.3 is 11.1 Å². The average molecular weight is 363 g/mol. The van der Waals surface area contributed by atoms with Crippen LogP contribution in [-0.2, 0) is 17.5 Å². The van der Waals surface area contributed by atoms with Crippen molar-refractivity contribution in [3.05, 3.63) is 47.8 Å². The lowest BCUT2D eigenvalue weighted by atomic mass is 10.2. The van der Waals surface area contributed by atoms with Crippen LogP contribution in [0.2, 0.25) is 0 Å². The topological polar surface area (TPSA) is 72.9 Å². The molecule has 0 aliphatic heterocycles. The molecule has 0 saturated heterocycles. The minimum atomic E-state index is -4.46. The molecule has 0 saturated carbocycles. The fraction of sp³-hybridized carbons (Fsp3) is 0.333. The van der Waals surface area contributed by atoms with E-state index >= 15 is 0 Å². The van der Waals surface area contributed by atoms with E-state index in [0.29, 0.717) is 31.6 Å². The van der Waals surface area contributed by atoms with E-state index in [1.165, 1.54) is 6.20 Å². The maximum atomic E-state index is 12.5. The highest BCUT2D eigenvalue weighted by Gasteiger charge is 2.33. The molecule has 1 heterocycles. The number of hydrogen-bond donors (Lipinski definition) is 2. The summed E-state index contributed by atoms with van der Waals surface area (Å²) in [6, 6.07) is 7.68. The Labute approximate surface area is 143 Å². The van der Waals surface area contributed by atoms with Gasteiger partial charge in [0.1, 0.15) is 0 Å². The molecule has 5 nitrogen and oxygen atoms in total. The van der Waals surface area contributed by atoms with Crippen LogP contribution >= 0.6 is 12.4 Å². The Hall–Kier alpha value is -2.06. The summed E-state index contributed by atoms with van der Waals surface area (Å²) in [6.07, 6.45) is -2.20. The second-order valence-corrected chi connectivity index (χ2v) is 4.98. The average Bonchev–Trinajstić information content (AvgIpc) is 3.01. The number of aromatic nitrogens is 2. The first-order valence-electron chi connectivity index (χ1n) is 7.09. The van der Waals surface area contributed by atoms with Crippen molar-refractivity contribution in [1.82, 2.24) is 15.1 Å². The Morgan fingerprint density at radius 2 is 1.88 bits per heavy atom. The van der Waals surface area contributed by atoms with E-state index in [-0.39, 0.29) is 18.3 Å². The molecule has 0 atom stereocenters. The second-order valence-electron chi connectivity index (χ2n) is 4.98. The Balaban J connectivity index is 0.00000288. The van der Waals surface area contributed by atoms with Crippen molar-refractivity contribution >= 4 is 18.3 Å². The lowest BCUT2D eigenvalue weighted by Crippen LogP contribution is -2.23. The zero-order valence-electron chi connectivity index (χ0n) is 12.7. The molecular formula is C15H18ClF3N4O. The van der Waals surface area contributed by atoms with Gasteiger partial charge >= 0.3 is 6.18 Å². The Morgan fingerprint density at radius 1 is 1.21 bits per heavy atom. The number of nitrogens with zero attached hydrogens (tertiary/aromatic N) is 2. The number of halogens is 4. The van der Waals surface area contributed by atoms with E-state index in [0.717, 1.165) is 16.3 Å². The van der Waals surface area contributed by atoms with Crippen molar-refractivity contribution in [2.24, 2.45) is 5.73 Å². The summed E-state index contributed by atoms with van der Waals surface area (Å²) in [6.45, 7) is 0.822. The van der Waals surface area contributed by atoms with Crippen LogP contribution in [0.4, 0.5) is 13.2 Å². The summed E-state index contributed by atoms with van der Waals surface area (Å²) in [5, 5.41) is 6.25. The van der Waals surface area contributed by atoms with Gasteiger partial charge in [0.25, 0.3) is 0 Å². The summed E-state index contributed by atoms with van der Waals surface area (Å²) in [5.74, 6) is -0.0820. The van der Waals surface area contributed by atoms with E-state index in [2.05, 4.69) is 10.4 Å². The highest BCUT2D eigenvalue weighted by molar-refractivity contribution is 5.85. The first-order valence-corrected chi connectivity index (χ1v) is 7.09. The highest BCUT2D eigenvalue weighted by atomic mass is 35.5. The summed E-state index contributed by atoms with van der Waals surface area (Å²) in [7, 11) is 0. The Bertz CT molecular complexity index is 655. The van der Waals surface area contributed by atoms with Gasteiger partial charge in [-0.05, 0) is 36.7 Å². The molecule has 1 amide bonds. The number of amides is 1. The van der Waals surface area contributed by atoms with Crippen LogP contribution in [0.3, 0.4) is 0 Å². The normalized spacial score (nSPS) is 11.0. The Kier molecular flexibility index (Phi) is 7.24. The number of carbonyl (C=O) groups is 1. The molecule has 0 unspecified atom stereocenters. The third-order valence-electron chi connectivity index (χ3n) is 3.18. The lowest BCUT2D eigenvalue weighted by molar-refractivity contribution is -0.141. The summed E-state index contributed by atoms with van der Waals surface area (Å²) >= 11 is 0. The molecule has 0 fully saturated rings.